The number of rotatable bonds is 5. The van der Waals surface area contributed by atoms with Crippen LogP contribution in [-0.4, -0.2) is 67.5 Å². The van der Waals surface area contributed by atoms with Gasteiger partial charge in [-0.3, -0.25) is 4.90 Å². The molecule has 1 aliphatic heterocycles. The van der Waals surface area contributed by atoms with Crippen molar-refractivity contribution in [1.29, 1.82) is 0 Å². The average molecular weight is 315 g/mol. The molecule has 2 rings (SSSR count). The topological polar surface area (TPSA) is 15.7 Å². The maximum Gasteiger partial charge on any atom is 0.0598 e. The SMILES string of the molecule is CC1CC(OCC(S)CN2CCN(C)CC2)CC(C)(C)C1. The first kappa shape index (κ1) is 17.6. The fourth-order valence-electron chi connectivity index (χ4n) is 4.01. The van der Waals surface area contributed by atoms with Crippen LogP contribution < -0.4 is 0 Å². The Hall–Kier alpha value is 0.230. The number of likely N-dealkylation sites (N-methyl/N-ethyl adjacent to an activating group) is 1. The van der Waals surface area contributed by atoms with Crippen molar-refractivity contribution in [2.24, 2.45) is 11.3 Å². The van der Waals surface area contributed by atoms with Gasteiger partial charge in [-0.1, -0.05) is 20.8 Å². The van der Waals surface area contributed by atoms with Crippen molar-refractivity contribution >= 4 is 12.6 Å². The largest absolute Gasteiger partial charge is 0.377 e. The van der Waals surface area contributed by atoms with Gasteiger partial charge in [0.2, 0.25) is 0 Å². The molecule has 0 spiro atoms. The first-order valence-electron chi connectivity index (χ1n) is 8.54. The molecule has 0 N–H and O–H groups in total. The van der Waals surface area contributed by atoms with Gasteiger partial charge in [-0.2, -0.15) is 12.6 Å². The van der Waals surface area contributed by atoms with E-state index in [9.17, 15) is 0 Å². The Morgan fingerprint density at radius 2 is 1.86 bits per heavy atom. The quantitative estimate of drug-likeness (QED) is 0.786. The van der Waals surface area contributed by atoms with Gasteiger partial charge in [0.25, 0.3) is 0 Å². The van der Waals surface area contributed by atoms with Crippen LogP contribution in [-0.2, 0) is 4.74 Å². The first-order chi connectivity index (χ1) is 9.84. The van der Waals surface area contributed by atoms with E-state index in [0.29, 0.717) is 16.8 Å². The molecule has 0 aromatic carbocycles. The highest BCUT2D eigenvalue weighted by Crippen LogP contribution is 2.39. The minimum absolute atomic E-state index is 0.341. The maximum absolute atomic E-state index is 6.20. The Balaban J connectivity index is 1.67. The van der Waals surface area contributed by atoms with Crippen molar-refractivity contribution in [3.05, 3.63) is 0 Å². The van der Waals surface area contributed by atoms with E-state index in [4.69, 9.17) is 17.4 Å². The lowest BCUT2D eigenvalue weighted by Gasteiger charge is -2.39. The Morgan fingerprint density at radius 1 is 1.19 bits per heavy atom. The number of piperazine rings is 1. The van der Waals surface area contributed by atoms with Crippen LogP contribution in [0.15, 0.2) is 0 Å². The van der Waals surface area contributed by atoms with Crippen molar-refractivity contribution in [1.82, 2.24) is 9.80 Å². The minimum Gasteiger partial charge on any atom is -0.377 e. The van der Waals surface area contributed by atoms with E-state index < -0.39 is 0 Å². The van der Waals surface area contributed by atoms with Gasteiger partial charge >= 0.3 is 0 Å². The minimum atomic E-state index is 0.341. The molecule has 1 saturated heterocycles. The second kappa shape index (κ2) is 7.67. The zero-order valence-corrected chi connectivity index (χ0v) is 15.2. The smallest absolute Gasteiger partial charge is 0.0598 e. The summed E-state index contributed by atoms with van der Waals surface area (Å²) in [7, 11) is 2.20. The third kappa shape index (κ3) is 6.09. The van der Waals surface area contributed by atoms with E-state index in [-0.39, 0.29) is 0 Å². The number of hydrogen-bond acceptors (Lipinski definition) is 4. The van der Waals surface area contributed by atoms with Crippen LogP contribution in [0.1, 0.15) is 40.0 Å². The molecule has 3 unspecified atom stereocenters. The fourth-order valence-corrected chi connectivity index (χ4v) is 4.33. The van der Waals surface area contributed by atoms with Crippen molar-refractivity contribution < 1.29 is 4.74 Å². The molecule has 21 heavy (non-hydrogen) atoms. The van der Waals surface area contributed by atoms with E-state index in [2.05, 4.69) is 37.6 Å². The predicted octanol–water partition coefficient (Wildman–Crippen LogP) is 2.76. The first-order valence-corrected chi connectivity index (χ1v) is 9.06. The molecule has 2 aliphatic rings. The summed E-state index contributed by atoms with van der Waals surface area (Å²) >= 11 is 4.75. The normalized spacial score (nSPS) is 33.0. The zero-order chi connectivity index (χ0) is 15.5. The maximum atomic E-state index is 6.20. The lowest BCUT2D eigenvalue weighted by atomic mass is 9.71. The second-order valence-corrected chi connectivity index (χ2v) is 8.86. The third-order valence-corrected chi connectivity index (χ3v) is 5.25. The van der Waals surface area contributed by atoms with E-state index in [1.807, 2.05) is 0 Å². The van der Waals surface area contributed by atoms with Crippen LogP contribution >= 0.6 is 12.6 Å². The van der Waals surface area contributed by atoms with Crippen LogP contribution in [0.3, 0.4) is 0 Å². The number of nitrogens with zero attached hydrogens (tertiary/aromatic N) is 2. The fraction of sp³-hybridized carbons (Fsp3) is 1.00. The summed E-state index contributed by atoms with van der Waals surface area (Å²) in [6.07, 6.45) is 4.19. The van der Waals surface area contributed by atoms with E-state index in [0.717, 1.165) is 19.1 Å². The Kier molecular flexibility index (Phi) is 6.42. The highest BCUT2D eigenvalue weighted by atomic mass is 32.1. The highest BCUT2D eigenvalue weighted by molar-refractivity contribution is 7.81. The summed E-state index contributed by atoms with van der Waals surface area (Å²) in [5.41, 5.74) is 0.436. The van der Waals surface area contributed by atoms with E-state index >= 15 is 0 Å². The second-order valence-electron chi connectivity index (χ2n) is 8.13. The molecule has 0 aromatic heterocycles. The molecule has 3 nitrogen and oxygen atoms in total. The van der Waals surface area contributed by atoms with Gasteiger partial charge in [-0.25, -0.2) is 0 Å². The molecule has 0 bridgehead atoms. The Morgan fingerprint density at radius 3 is 2.48 bits per heavy atom. The lowest BCUT2D eigenvalue weighted by molar-refractivity contribution is -0.0242. The molecular formula is C17H34N2OS. The number of hydrogen-bond donors (Lipinski definition) is 1. The van der Waals surface area contributed by atoms with Gasteiger partial charge in [0.05, 0.1) is 12.7 Å². The van der Waals surface area contributed by atoms with Crippen molar-refractivity contribution in [3.63, 3.8) is 0 Å². The Labute approximate surface area is 136 Å². The highest BCUT2D eigenvalue weighted by Gasteiger charge is 2.32. The molecule has 0 radical (unpaired) electrons. The van der Waals surface area contributed by atoms with Gasteiger partial charge < -0.3 is 9.64 Å². The van der Waals surface area contributed by atoms with Gasteiger partial charge in [0.15, 0.2) is 0 Å². The molecule has 0 amide bonds. The molecular weight excluding hydrogens is 280 g/mol. The van der Waals surface area contributed by atoms with Crippen molar-refractivity contribution in [2.45, 2.75) is 51.4 Å². The van der Waals surface area contributed by atoms with Gasteiger partial charge in [-0.15, -0.1) is 0 Å². The molecule has 2 fully saturated rings. The van der Waals surface area contributed by atoms with E-state index in [1.165, 1.54) is 45.4 Å². The molecule has 4 heteroatoms. The lowest BCUT2D eigenvalue weighted by Crippen LogP contribution is -2.47. The summed E-state index contributed by atoms with van der Waals surface area (Å²) < 4.78 is 6.20. The summed E-state index contributed by atoms with van der Waals surface area (Å²) in [5.74, 6) is 0.787. The summed E-state index contributed by atoms with van der Waals surface area (Å²) in [5, 5.41) is 0.341. The molecule has 124 valence electrons. The molecule has 1 heterocycles. The molecule has 3 atom stereocenters. The van der Waals surface area contributed by atoms with Crippen LogP contribution in [0, 0.1) is 11.3 Å². The summed E-state index contributed by atoms with van der Waals surface area (Å²) in [4.78, 5) is 4.92. The monoisotopic (exact) mass is 314 g/mol. The third-order valence-electron chi connectivity index (χ3n) is 4.94. The number of thiol groups is 1. The van der Waals surface area contributed by atoms with Crippen LogP contribution in [0.5, 0.6) is 0 Å². The van der Waals surface area contributed by atoms with Crippen molar-refractivity contribution in [3.8, 4) is 0 Å². The zero-order valence-electron chi connectivity index (χ0n) is 14.3. The van der Waals surface area contributed by atoms with Crippen LogP contribution in [0.25, 0.3) is 0 Å². The van der Waals surface area contributed by atoms with Crippen molar-refractivity contribution in [2.75, 3.05) is 46.4 Å². The summed E-state index contributed by atoms with van der Waals surface area (Å²) in [6.45, 7) is 13.7. The van der Waals surface area contributed by atoms with Gasteiger partial charge in [-0.05, 0) is 37.6 Å². The van der Waals surface area contributed by atoms with Gasteiger partial charge in [0, 0.05) is 38.0 Å². The number of ether oxygens (including phenoxy) is 1. The summed E-state index contributed by atoms with van der Waals surface area (Å²) in [6, 6.07) is 0. The average Bonchev–Trinajstić information content (AvgIpc) is 2.37. The predicted molar refractivity (Wildman–Crippen MR) is 93.2 cm³/mol. The standard InChI is InChI=1S/C17H34N2OS/c1-14-9-15(11-17(2,3)10-14)20-13-16(21)12-19-7-5-18(4)6-8-19/h14-16,21H,5-13H2,1-4H3. The molecule has 1 saturated carbocycles. The Bertz CT molecular complexity index is 316. The molecule has 0 aromatic rings. The van der Waals surface area contributed by atoms with E-state index in [1.54, 1.807) is 0 Å². The van der Waals surface area contributed by atoms with Crippen LogP contribution in [0.2, 0.25) is 0 Å². The molecule has 1 aliphatic carbocycles. The van der Waals surface area contributed by atoms with Gasteiger partial charge in [0.1, 0.15) is 0 Å². The van der Waals surface area contributed by atoms with Crippen LogP contribution in [0.4, 0.5) is 0 Å².